The topological polar surface area (TPSA) is 117 Å². The number of nitrogens with one attached hydrogen (secondary N) is 1. The lowest BCUT2D eigenvalue weighted by molar-refractivity contribution is -0.141. The first kappa shape index (κ1) is 32.6. The maximum atomic E-state index is 13.5. The van der Waals surface area contributed by atoms with Crippen LogP contribution in [0.2, 0.25) is 5.02 Å². The predicted molar refractivity (Wildman–Crippen MR) is 173 cm³/mol. The van der Waals surface area contributed by atoms with E-state index in [1.54, 1.807) is 14.5 Å². The Kier molecular flexibility index (Phi) is 10.5. The molecule has 0 saturated heterocycles. The zero-order chi connectivity index (χ0) is 32.1. The van der Waals surface area contributed by atoms with Crippen molar-refractivity contribution in [3.8, 4) is 11.4 Å². The highest BCUT2D eigenvalue weighted by Gasteiger charge is 2.32. The van der Waals surface area contributed by atoms with Crippen LogP contribution in [0.25, 0.3) is 11.4 Å². The molecule has 11 nitrogen and oxygen atoms in total. The summed E-state index contributed by atoms with van der Waals surface area (Å²) in [6.45, 7) is 6.88. The summed E-state index contributed by atoms with van der Waals surface area (Å²) in [5, 5.41) is 8.30. The molecule has 5 rings (SSSR count). The summed E-state index contributed by atoms with van der Waals surface area (Å²) in [6.07, 6.45) is 6.65. The van der Waals surface area contributed by atoms with Gasteiger partial charge in [0, 0.05) is 92.5 Å². The third-order valence-electron chi connectivity index (χ3n) is 8.64. The fourth-order valence-corrected chi connectivity index (χ4v) is 6.32. The molecule has 0 saturated carbocycles. The lowest BCUT2D eigenvalue weighted by atomic mass is 9.90. The van der Waals surface area contributed by atoms with Gasteiger partial charge in [0.25, 0.3) is 5.91 Å². The second-order valence-electron chi connectivity index (χ2n) is 12.5. The number of carbonyl (C=O) groups is 3. The summed E-state index contributed by atoms with van der Waals surface area (Å²) >= 11 is 6.02. The van der Waals surface area contributed by atoms with E-state index in [2.05, 4.69) is 39.1 Å². The molecule has 1 aliphatic carbocycles. The molecule has 1 N–H and O–H groups in total. The zero-order valence-corrected chi connectivity index (χ0v) is 27.4. The molecule has 0 spiro atoms. The van der Waals surface area contributed by atoms with Gasteiger partial charge in [-0.2, -0.15) is 5.10 Å². The van der Waals surface area contributed by atoms with Crippen molar-refractivity contribution in [3.63, 3.8) is 0 Å². The molecule has 12 heteroatoms. The summed E-state index contributed by atoms with van der Waals surface area (Å²) in [7, 11) is 3.68. The fourth-order valence-electron chi connectivity index (χ4n) is 6.19. The van der Waals surface area contributed by atoms with E-state index in [0.717, 1.165) is 35.2 Å². The number of aryl methyl sites for hydroxylation is 1. The van der Waals surface area contributed by atoms with Crippen LogP contribution in [0.5, 0.6) is 0 Å². The van der Waals surface area contributed by atoms with Crippen molar-refractivity contribution >= 4 is 29.3 Å². The summed E-state index contributed by atoms with van der Waals surface area (Å²) in [5.41, 5.74) is 4.18. The van der Waals surface area contributed by atoms with E-state index in [9.17, 15) is 14.4 Å². The number of amides is 3. The quantitative estimate of drug-likeness (QED) is 0.458. The van der Waals surface area contributed by atoms with Crippen LogP contribution in [-0.4, -0.2) is 98.0 Å². The van der Waals surface area contributed by atoms with Gasteiger partial charge in [-0.1, -0.05) is 25.4 Å². The van der Waals surface area contributed by atoms with Crippen LogP contribution in [0.3, 0.4) is 0 Å². The van der Waals surface area contributed by atoms with Crippen LogP contribution >= 0.6 is 11.6 Å². The van der Waals surface area contributed by atoms with Crippen molar-refractivity contribution in [2.45, 2.75) is 58.5 Å². The Morgan fingerprint density at radius 1 is 1.00 bits per heavy atom. The first-order chi connectivity index (χ1) is 21.6. The normalized spacial score (nSPS) is 19.2. The van der Waals surface area contributed by atoms with Gasteiger partial charge in [-0.15, -0.1) is 0 Å². The van der Waals surface area contributed by atoms with E-state index in [0.29, 0.717) is 68.5 Å². The minimum atomic E-state index is -0.209. The third-order valence-corrected chi connectivity index (χ3v) is 8.89. The maximum absolute atomic E-state index is 13.5. The number of hydrogen-bond acceptors (Lipinski definition) is 7. The number of fused-ring (bicyclic) bond motifs is 1. The van der Waals surface area contributed by atoms with Crippen molar-refractivity contribution in [1.82, 2.24) is 39.8 Å². The Morgan fingerprint density at radius 3 is 2.44 bits per heavy atom. The lowest BCUT2D eigenvalue weighted by Gasteiger charge is -2.34. The number of aromatic nitrogens is 4. The molecule has 0 radical (unpaired) electrons. The van der Waals surface area contributed by atoms with E-state index in [1.807, 2.05) is 50.8 Å². The summed E-state index contributed by atoms with van der Waals surface area (Å²) in [6, 6.07) is 7.34. The average Bonchev–Trinajstić information content (AvgIpc) is 3.35. The number of hydrogen-bond donors (Lipinski definition) is 1. The molecular formula is C33H43ClN8O3. The van der Waals surface area contributed by atoms with E-state index < -0.39 is 0 Å². The molecule has 3 heterocycles. The summed E-state index contributed by atoms with van der Waals surface area (Å²) in [5.74, 6) is 0.545. The van der Waals surface area contributed by atoms with E-state index in [1.165, 1.54) is 0 Å². The lowest BCUT2D eigenvalue weighted by Crippen LogP contribution is -2.47. The molecule has 1 aromatic carbocycles. The Hall–Kier alpha value is -3.83. The number of nitrogens with zero attached hydrogens (tertiary/aromatic N) is 7. The standard InChI is InChI=1S/C33H43ClN8O3/c1-22(2)19-42-21-30(44)39(3)26-11-12-28-27(16-26)31(38-40(28)4)33(45)35-13-15-41(14-5-6-29(42)43)20-23-17-36-32(37-18-23)24-7-9-25(34)10-8-24/h7-10,17-18,22,26H,5-6,11-16,19-21H2,1-4H3,(H,35,45). The van der Waals surface area contributed by atoms with E-state index in [-0.39, 0.29) is 36.2 Å². The molecule has 2 aromatic heterocycles. The van der Waals surface area contributed by atoms with Crippen molar-refractivity contribution in [3.05, 3.63) is 64.2 Å². The van der Waals surface area contributed by atoms with Crippen LogP contribution in [0.15, 0.2) is 36.7 Å². The SMILES string of the molecule is CC(C)CN1CC(=O)N(C)C2CCc3c(c(nn3C)C(=O)NCCN(Cc3cnc(-c4ccc(Cl)cc4)nc3)CCCC1=O)C2. The smallest absolute Gasteiger partial charge is 0.272 e. The zero-order valence-electron chi connectivity index (χ0n) is 26.6. The number of halogens is 1. The van der Waals surface area contributed by atoms with Crippen LogP contribution in [0, 0.1) is 5.92 Å². The Balaban J connectivity index is 1.35. The van der Waals surface area contributed by atoms with Crippen molar-refractivity contribution in [1.29, 1.82) is 0 Å². The molecule has 3 amide bonds. The molecule has 1 aliphatic heterocycles. The van der Waals surface area contributed by atoms with Crippen LogP contribution in [0.4, 0.5) is 0 Å². The van der Waals surface area contributed by atoms with Gasteiger partial charge < -0.3 is 15.1 Å². The van der Waals surface area contributed by atoms with Gasteiger partial charge in [0.1, 0.15) is 0 Å². The van der Waals surface area contributed by atoms with Crippen LogP contribution in [0.1, 0.15) is 60.4 Å². The van der Waals surface area contributed by atoms with Crippen LogP contribution < -0.4 is 5.32 Å². The number of benzene rings is 1. The molecule has 2 bridgehead atoms. The van der Waals surface area contributed by atoms with E-state index in [4.69, 9.17) is 11.6 Å². The van der Waals surface area contributed by atoms with Gasteiger partial charge in [0.2, 0.25) is 11.8 Å². The highest BCUT2D eigenvalue weighted by Crippen LogP contribution is 2.27. The van der Waals surface area contributed by atoms with Crippen molar-refractivity contribution < 1.29 is 14.4 Å². The van der Waals surface area contributed by atoms with Gasteiger partial charge in [0.15, 0.2) is 11.5 Å². The first-order valence-electron chi connectivity index (χ1n) is 15.7. The second-order valence-corrected chi connectivity index (χ2v) is 13.0. The molecule has 0 fully saturated rings. The summed E-state index contributed by atoms with van der Waals surface area (Å²) in [4.78, 5) is 55.1. The molecular weight excluding hydrogens is 592 g/mol. The molecule has 45 heavy (non-hydrogen) atoms. The number of likely N-dealkylation sites (N-methyl/N-ethyl adjacent to an activating group) is 1. The average molecular weight is 635 g/mol. The minimum Gasteiger partial charge on any atom is -0.349 e. The molecule has 1 unspecified atom stereocenters. The molecule has 240 valence electrons. The fraction of sp³-hybridized carbons (Fsp3) is 0.515. The van der Waals surface area contributed by atoms with Gasteiger partial charge >= 0.3 is 0 Å². The molecule has 3 aromatic rings. The second kappa shape index (κ2) is 14.5. The largest absolute Gasteiger partial charge is 0.349 e. The maximum Gasteiger partial charge on any atom is 0.272 e. The van der Waals surface area contributed by atoms with Gasteiger partial charge in [-0.05, 0) is 62.4 Å². The van der Waals surface area contributed by atoms with Crippen molar-refractivity contribution in [2.24, 2.45) is 13.0 Å². The van der Waals surface area contributed by atoms with Gasteiger partial charge in [-0.25, -0.2) is 9.97 Å². The number of carbonyl (C=O) groups excluding carboxylic acids is 3. The van der Waals surface area contributed by atoms with E-state index >= 15 is 0 Å². The highest BCUT2D eigenvalue weighted by molar-refractivity contribution is 6.30. The Bertz CT molecular complexity index is 1510. The monoisotopic (exact) mass is 634 g/mol. The predicted octanol–water partition coefficient (Wildman–Crippen LogP) is 3.36. The molecule has 1 atom stereocenters. The first-order valence-corrected chi connectivity index (χ1v) is 16.1. The molecule has 2 aliphatic rings. The third kappa shape index (κ3) is 8.07. The van der Waals surface area contributed by atoms with Crippen molar-refractivity contribution in [2.75, 3.05) is 39.8 Å². The minimum absolute atomic E-state index is 0.0147. The number of rotatable bonds is 5. The Labute approximate surface area is 269 Å². The van der Waals surface area contributed by atoms with Gasteiger partial charge in [0.05, 0.1) is 6.54 Å². The Morgan fingerprint density at radius 2 is 1.73 bits per heavy atom. The summed E-state index contributed by atoms with van der Waals surface area (Å²) < 4.78 is 1.80. The van der Waals surface area contributed by atoms with Crippen LogP contribution in [-0.2, 0) is 36.0 Å². The van der Waals surface area contributed by atoms with Gasteiger partial charge in [-0.3, -0.25) is 24.0 Å². The highest BCUT2D eigenvalue weighted by atomic mass is 35.5.